The van der Waals surface area contributed by atoms with Gasteiger partial charge < -0.3 is 0 Å². The van der Waals surface area contributed by atoms with Gasteiger partial charge in [-0.2, -0.15) is 12.2 Å². The van der Waals surface area contributed by atoms with Crippen LogP contribution in [0.3, 0.4) is 0 Å². The van der Waals surface area contributed by atoms with Crippen molar-refractivity contribution in [1.82, 2.24) is 0 Å². The van der Waals surface area contributed by atoms with Gasteiger partial charge in [0.2, 0.25) is 0 Å². The molecule has 0 nitrogen and oxygen atoms in total. The zero-order valence-corrected chi connectivity index (χ0v) is 16.8. The van der Waals surface area contributed by atoms with E-state index in [4.69, 9.17) is 0 Å². The van der Waals surface area contributed by atoms with Gasteiger partial charge in [-0.05, 0) is 0 Å². The van der Waals surface area contributed by atoms with Gasteiger partial charge in [0.1, 0.15) is 0 Å². The molecule has 0 atom stereocenters. The maximum absolute atomic E-state index is 3.19. The van der Waals surface area contributed by atoms with Crippen molar-refractivity contribution in [3.63, 3.8) is 0 Å². The molecule has 94 valence electrons. The Bertz CT molecular complexity index is 270. The Labute approximate surface area is 146 Å². The molecule has 0 amide bonds. The van der Waals surface area contributed by atoms with Crippen LogP contribution in [0.25, 0.3) is 0 Å². The maximum atomic E-state index is 3.19. The minimum Gasteiger partial charge on any atom is -0.270 e. The van der Waals surface area contributed by atoms with Gasteiger partial charge in [0.05, 0.1) is 0 Å². The number of allylic oxidation sites excluding steroid dienone is 8. The van der Waals surface area contributed by atoms with E-state index in [1.807, 2.05) is 0 Å². The van der Waals surface area contributed by atoms with E-state index in [9.17, 15) is 0 Å². The van der Waals surface area contributed by atoms with Crippen LogP contribution >= 0.6 is 34.0 Å². The Morgan fingerprint density at radius 2 is 1.06 bits per heavy atom. The fourth-order valence-electron chi connectivity index (χ4n) is 1.30. The quantitative estimate of drug-likeness (QED) is 0.448. The zero-order valence-electron chi connectivity index (χ0n) is 10.9. The molecule has 0 spiro atoms. The van der Waals surface area contributed by atoms with Gasteiger partial charge in [0.25, 0.3) is 0 Å². The third-order valence-corrected chi connectivity index (χ3v) is 2.73. The molecule has 0 heterocycles. The molecule has 0 saturated heterocycles. The van der Waals surface area contributed by atoms with Crippen LogP contribution < -0.4 is 0 Å². The molecule has 2 rings (SSSR count). The van der Waals surface area contributed by atoms with Crippen molar-refractivity contribution in [2.75, 3.05) is 0 Å². The Hall–Kier alpha value is 0.803. The summed E-state index contributed by atoms with van der Waals surface area (Å²) in [6.45, 7) is 8.43. The van der Waals surface area contributed by atoms with Crippen molar-refractivity contribution >= 4 is 34.0 Å². The Morgan fingerprint density at radius 3 is 1.12 bits per heavy atom. The van der Waals surface area contributed by atoms with E-state index in [0.29, 0.717) is 0 Å². The van der Waals surface area contributed by atoms with Crippen LogP contribution in [0.1, 0.15) is 40.5 Å². The molecule has 2 aliphatic carbocycles. The third-order valence-electron chi connectivity index (χ3n) is 2.73. The third kappa shape index (κ3) is 8.51. The second-order valence-electron chi connectivity index (χ2n) is 3.79. The van der Waals surface area contributed by atoms with E-state index < -0.39 is 0 Å². The molecule has 0 aromatic heterocycles. The molecule has 0 radical (unpaired) electrons. The summed E-state index contributed by atoms with van der Waals surface area (Å²) in [4.78, 5) is 0. The fraction of sp³-hybridized carbons (Fsp3) is 0.429. The topological polar surface area (TPSA) is 0 Å². The van der Waals surface area contributed by atoms with Gasteiger partial charge in [0, 0.05) is 0 Å². The van der Waals surface area contributed by atoms with E-state index in [1.54, 1.807) is 0 Å². The van der Waals surface area contributed by atoms with Crippen LogP contribution in [0.2, 0.25) is 0 Å². The number of hydrogen-bond donors (Lipinski definition) is 0. The SMILES string of the molecule is Br.Br.CC1=[C-]CC=C1C.CC1=[C-]CC=C1C.[Zr+2]. The van der Waals surface area contributed by atoms with Crippen molar-refractivity contribution in [3.05, 3.63) is 46.6 Å². The van der Waals surface area contributed by atoms with Crippen LogP contribution in [-0.4, -0.2) is 0 Å². The van der Waals surface area contributed by atoms with Gasteiger partial charge in [-0.15, -0.1) is 60.7 Å². The van der Waals surface area contributed by atoms with Crippen LogP contribution in [0, 0.1) is 12.2 Å². The van der Waals surface area contributed by atoms with Crippen molar-refractivity contribution in [1.29, 1.82) is 0 Å². The van der Waals surface area contributed by atoms with Crippen molar-refractivity contribution < 1.29 is 26.2 Å². The van der Waals surface area contributed by atoms with Gasteiger partial charge >= 0.3 is 26.2 Å². The molecule has 2 aliphatic rings. The smallest absolute Gasteiger partial charge is 0.270 e. The summed E-state index contributed by atoms with van der Waals surface area (Å²) in [6.07, 6.45) is 12.8. The molecule has 0 saturated carbocycles. The number of hydrogen-bond acceptors (Lipinski definition) is 0. The van der Waals surface area contributed by atoms with Crippen LogP contribution in [0.4, 0.5) is 0 Å². The summed E-state index contributed by atoms with van der Waals surface area (Å²) in [5.41, 5.74) is 5.42. The largest absolute Gasteiger partial charge is 2.00 e. The van der Waals surface area contributed by atoms with Crippen LogP contribution in [0.5, 0.6) is 0 Å². The zero-order chi connectivity index (χ0) is 10.6. The van der Waals surface area contributed by atoms with Gasteiger partial charge in [-0.1, -0.05) is 13.8 Å². The molecular weight excluding hydrogens is 419 g/mol. The fourth-order valence-corrected chi connectivity index (χ4v) is 1.30. The molecule has 0 aromatic carbocycles. The van der Waals surface area contributed by atoms with E-state index in [1.165, 1.54) is 22.3 Å². The molecule has 0 aliphatic heterocycles. The first-order valence-electron chi connectivity index (χ1n) is 5.10. The summed E-state index contributed by atoms with van der Waals surface area (Å²) in [7, 11) is 0. The predicted octanol–water partition coefficient (Wildman–Crippen LogP) is 5.33. The number of rotatable bonds is 0. The average Bonchev–Trinajstić information content (AvgIpc) is 2.67. The average molecular weight is 439 g/mol. The molecule has 17 heavy (non-hydrogen) atoms. The van der Waals surface area contributed by atoms with Gasteiger partial charge in [-0.3, -0.25) is 12.2 Å². The standard InChI is InChI=1S/2C7H9.2BrH.Zr/c2*1-6-4-3-5-7(6)2;;;/h2*4H,3H2,1-2H3;2*1H;/q2*-1;;;+2. The van der Waals surface area contributed by atoms with Crippen LogP contribution in [0.15, 0.2) is 34.4 Å². The molecule has 0 fully saturated rings. The molecular formula is C14H20Br2Zr. The van der Waals surface area contributed by atoms with E-state index in [-0.39, 0.29) is 60.2 Å². The summed E-state index contributed by atoms with van der Waals surface area (Å²) in [5, 5.41) is 0. The first kappa shape index (κ1) is 22.9. The summed E-state index contributed by atoms with van der Waals surface area (Å²) < 4.78 is 0. The Balaban J connectivity index is -0.000000196. The molecule has 0 aromatic rings. The van der Waals surface area contributed by atoms with E-state index in [0.717, 1.165) is 12.8 Å². The molecule has 0 unspecified atom stereocenters. The van der Waals surface area contributed by atoms with Crippen molar-refractivity contribution in [2.24, 2.45) is 0 Å². The Morgan fingerprint density at radius 1 is 0.765 bits per heavy atom. The molecule has 0 N–H and O–H groups in total. The van der Waals surface area contributed by atoms with Crippen molar-refractivity contribution in [2.45, 2.75) is 40.5 Å². The van der Waals surface area contributed by atoms with Gasteiger partial charge in [0.15, 0.2) is 0 Å². The predicted molar refractivity (Wildman–Crippen MR) is 82.3 cm³/mol. The number of halogens is 2. The first-order chi connectivity index (χ1) is 6.61. The van der Waals surface area contributed by atoms with E-state index in [2.05, 4.69) is 52.0 Å². The van der Waals surface area contributed by atoms with Gasteiger partial charge in [-0.25, -0.2) is 22.3 Å². The minimum absolute atomic E-state index is 0. The van der Waals surface area contributed by atoms with Crippen molar-refractivity contribution in [3.8, 4) is 0 Å². The summed E-state index contributed by atoms with van der Waals surface area (Å²) >= 11 is 0. The maximum Gasteiger partial charge on any atom is 2.00 e. The second-order valence-corrected chi connectivity index (χ2v) is 3.79. The minimum atomic E-state index is 0. The first-order valence-corrected chi connectivity index (χ1v) is 5.10. The monoisotopic (exact) mass is 436 g/mol. The van der Waals surface area contributed by atoms with Crippen LogP contribution in [-0.2, 0) is 26.2 Å². The second kappa shape index (κ2) is 11.9. The Kier molecular flexibility index (Phi) is 16.0. The molecule has 3 heteroatoms. The summed E-state index contributed by atoms with van der Waals surface area (Å²) in [5.74, 6) is 0. The summed E-state index contributed by atoms with van der Waals surface area (Å²) in [6, 6.07) is 0. The van der Waals surface area contributed by atoms with E-state index >= 15 is 0 Å². The molecule has 0 bridgehead atoms. The normalized spacial score (nSPS) is 15.8.